The van der Waals surface area contributed by atoms with Gasteiger partial charge in [-0.15, -0.1) is 0 Å². The van der Waals surface area contributed by atoms with Crippen LogP contribution in [0.2, 0.25) is 0 Å². The van der Waals surface area contributed by atoms with E-state index in [2.05, 4.69) is 46.6 Å². The molecule has 0 aliphatic carbocycles. The third-order valence-corrected chi connectivity index (χ3v) is 4.68. The zero-order valence-electron chi connectivity index (χ0n) is 12.1. The molecule has 1 aliphatic heterocycles. The molecule has 6 heteroatoms. The van der Waals surface area contributed by atoms with E-state index < -0.39 is 0 Å². The molecule has 0 spiro atoms. The molecule has 0 unspecified atom stereocenters. The van der Waals surface area contributed by atoms with Crippen LogP contribution in [0.25, 0.3) is 0 Å². The summed E-state index contributed by atoms with van der Waals surface area (Å²) in [5, 5.41) is 11.5. The van der Waals surface area contributed by atoms with E-state index in [9.17, 15) is 10.1 Å². The van der Waals surface area contributed by atoms with Gasteiger partial charge in [-0.2, -0.15) is 0 Å². The van der Waals surface area contributed by atoms with Crippen LogP contribution >= 0.6 is 15.9 Å². The average molecular weight is 342 g/mol. The van der Waals surface area contributed by atoms with Crippen LogP contribution in [-0.4, -0.2) is 42.0 Å². The molecular weight excluding hydrogens is 322 g/mol. The molecular formula is C14H20BrN3O2. The maximum atomic E-state index is 10.9. The van der Waals surface area contributed by atoms with Crippen LogP contribution in [0.3, 0.4) is 0 Å². The quantitative estimate of drug-likeness (QED) is 0.481. The van der Waals surface area contributed by atoms with Gasteiger partial charge in [-0.3, -0.25) is 15.0 Å². The number of benzene rings is 1. The zero-order chi connectivity index (χ0) is 14.9. The lowest BCUT2D eigenvalue weighted by molar-refractivity contribution is -0.384. The first-order valence-electron chi connectivity index (χ1n) is 6.64. The molecule has 1 aromatic rings. The summed E-state index contributed by atoms with van der Waals surface area (Å²) in [7, 11) is 2.14. The van der Waals surface area contributed by atoms with E-state index >= 15 is 0 Å². The maximum Gasteiger partial charge on any atom is 0.269 e. The third kappa shape index (κ3) is 2.96. The standard InChI is InChI=1S/C14H20BrN3O2/c1-14(2)10-17(7-6-16(14)3)13-5-4-12(18(19)20)8-11(13)9-15/h4-5,8H,6-7,9-10H2,1-3H3. The van der Waals surface area contributed by atoms with E-state index in [0.717, 1.165) is 30.9 Å². The van der Waals surface area contributed by atoms with E-state index in [1.807, 2.05) is 6.07 Å². The number of halogens is 1. The minimum atomic E-state index is -0.343. The van der Waals surface area contributed by atoms with Crippen LogP contribution < -0.4 is 4.90 Å². The summed E-state index contributed by atoms with van der Waals surface area (Å²) < 4.78 is 0. The molecule has 1 aromatic carbocycles. The lowest BCUT2D eigenvalue weighted by Crippen LogP contribution is -2.57. The Morgan fingerprint density at radius 2 is 2.10 bits per heavy atom. The van der Waals surface area contributed by atoms with Crippen LogP contribution in [0.1, 0.15) is 19.4 Å². The Kier molecular flexibility index (Phi) is 4.34. The number of alkyl halides is 1. The summed E-state index contributed by atoms with van der Waals surface area (Å²) in [5.74, 6) is 0. The van der Waals surface area contributed by atoms with Crippen LogP contribution in [0.5, 0.6) is 0 Å². The van der Waals surface area contributed by atoms with Crippen molar-refractivity contribution in [2.45, 2.75) is 24.7 Å². The maximum absolute atomic E-state index is 10.9. The molecule has 20 heavy (non-hydrogen) atoms. The molecule has 1 heterocycles. The number of nitrogens with zero attached hydrogens (tertiary/aromatic N) is 3. The van der Waals surface area contributed by atoms with Crippen LogP contribution in [0.4, 0.5) is 11.4 Å². The van der Waals surface area contributed by atoms with Gasteiger partial charge in [-0.05, 0) is 32.5 Å². The fourth-order valence-corrected chi connectivity index (χ4v) is 3.00. The van der Waals surface area contributed by atoms with Crippen molar-refractivity contribution in [1.29, 1.82) is 0 Å². The fraction of sp³-hybridized carbons (Fsp3) is 0.571. The van der Waals surface area contributed by atoms with Gasteiger partial charge in [0.25, 0.3) is 5.69 Å². The highest BCUT2D eigenvalue weighted by Gasteiger charge is 2.32. The summed E-state index contributed by atoms with van der Waals surface area (Å²) in [4.78, 5) is 15.2. The van der Waals surface area contributed by atoms with Crippen molar-refractivity contribution < 1.29 is 4.92 Å². The van der Waals surface area contributed by atoms with Gasteiger partial charge in [0.1, 0.15) is 0 Å². The van der Waals surface area contributed by atoms with Crippen molar-refractivity contribution >= 4 is 27.3 Å². The number of nitro benzene ring substituents is 1. The average Bonchev–Trinajstić information content (AvgIpc) is 2.41. The predicted molar refractivity (Wildman–Crippen MR) is 84.6 cm³/mol. The minimum Gasteiger partial charge on any atom is -0.368 e. The Morgan fingerprint density at radius 1 is 1.40 bits per heavy atom. The SMILES string of the molecule is CN1CCN(c2ccc([N+](=O)[O-])cc2CBr)CC1(C)C. The van der Waals surface area contributed by atoms with Crippen molar-refractivity contribution in [2.75, 3.05) is 31.6 Å². The van der Waals surface area contributed by atoms with Crippen molar-refractivity contribution in [2.24, 2.45) is 0 Å². The number of hydrogen-bond acceptors (Lipinski definition) is 4. The van der Waals surface area contributed by atoms with E-state index in [1.54, 1.807) is 12.1 Å². The summed E-state index contributed by atoms with van der Waals surface area (Å²) in [6.45, 7) is 7.29. The number of non-ortho nitro benzene ring substituents is 1. The topological polar surface area (TPSA) is 49.6 Å². The van der Waals surface area contributed by atoms with Gasteiger partial charge in [0.15, 0.2) is 0 Å². The summed E-state index contributed by atoms with van der Waals surface area (Å²) in [6.07, 6.45) is 0. The van der Waals surface area contributed by atoms with Crippen molar-refractivity contribution in [3.05, 3.63) is 33.9 Å². The molecule has 0 aromatic heterocycles. The molecule has 0 N–H and O–H groups in total. The van der Waals surface area contributed by atoms with Crippen molar-refractivity contribution in [1.82, 2.24) is 4.90 Å². The normalized spacial score (nSPS) is 19.1. The van der Waals surface area contributed by atoms with Crippen LogP contribution in [0.15, 0.2) is 18.2 Å². The molecule has 0 atom stereocenters. The zero-order valence-corrected chi connectivity index (χ0v) is 13.7. The lowest BCUT2D eigenvalue weighted by Gasteiger charge is -2.46. The third-order valence-electron chi connectivity index (χ3n) is 4.08. The van der Waals surface area contributed by atoms with Gasteiger partial charge in [0.2, 0.25) is 0 Å². The van der Waals surface area contributed by atoms with Crippen LogP contribution in [0, 0.1) is 10.1 Å². The molecule has 0 saturated carbocycles. The smallest absolute Gasteiger partial charge is 0.269 e. The van der Waals surface area contributed by atoms with Gasteiger partial charge < -0.3 is 4.90 Å². The first-order valence-corrected chi connectivity index (χ1v) is 7.77. The molecule has 0 bridgehead atoms. The Labute approximate surface area is 127 Å². The van der Waals surface area contributed by atoms with Gasteiger partial charge in [-0.1, -0.05) is 15.9 Å². The highest BCUT2D eigenvalue weighted by atomic mass is 79.9. The second-order valence-corrected chi connectivity index (χ2v) is 6.42. The van der Waals surface area contributed by atoms with E-state index in [4.69, 9.17) is 0 Å². The van der Waals surface area contributed by atoms with Gasteiger partial charge in [0, 0.05) is 48.3 Å². The number of nitro groups is 1. The number of likely N-dealkylation sites (N-methyl/N-ethyl adjacent to an activating group) is 1. The Bertz CT molecular complexity index is 519. The molecule has 1 saturated heterocycles. The van der Waals surface area contributed by atoms with Gasteiger partial charge in [-0.25, -0.2) is 0 Å². The van der Waals surface area contributed by atoms with Gasteiger partial charge >= 0.3 is 0 Å². The molecule has 5 nitrogen and oxygen atoms in total. The lowest BCUT2D eigenvalue weighted by atomic mass is 9.98. The van der Waals surface area contributed by atoms with Crippen molar-refractivity contribution in [3.63, 3.8) is 0 Å². The Hall–Kier alpha value is -1.14. The molecule has 0 radical (unpaired) electrons. The first kappa shape index (κ1) is 15.3. The number of hydrogen-bond donors (Lipinski definition) is 0. The summed E-state index contributed by atoms with van der Waals surface area (Å²) >= 11 is 3.44. The second kappa shape index (κ2) is 5.69. The van der Waals surface area contributed by atoms with Crippen LogP contribution in [-0.2, 0) is 5.33 Å². The second-order valence-electron chi connectivity index (χ2n) is 5.86. The molecule has 110 valence electrons. The highest BCUT2D eigenvalue weighted by molar-refractivity contribution is 9.08. The summed E-state index contributed by atoms with van der Waals surface area (Å²) in [5.41, 5.74) is 2.31. The highest BCUT2D eigenvalue weighted by Crippen LogP contribution is 2.31. The number of piperazine rings is 1. The molecule has 1 fully saturated rings. The molecule has 1 aliphatic rings. The summed E-state index contributed by atoms with van der Waals surface area (Å²) in [6, 6.07) is 5.12. The molecule has 2 rings (SSSR count). The molecule has 0 amide bonds. The van der Waals surface area contributed by atoms with Gasteiger partial charge in [0.05, 0.1) is 4.92 Å². The van der Waals surface area contributed by atoms with E-state index in [-0.39, 0.29) is 16.1 Å². The minimum absolute atomic E-state index is 0.101. The monoisotopic (exact) mass is 341 g/mol. The number of anilines is 1. The van der Waals surface area contributed by atoms with E-state index in [0.29, 0.717) is 5.33 Å². The Morgan fingerprint density at radius 3 is 2.65 bits per heavy atom. The first-order chi connectivity index (χ1) is 9.35. The Balaban J connectivity index is 2.31. The fourth-order valence-electron chi connectivity index (χ4n) is 2.55. The predicted octanol–water partition coefficient (Wildman–Crippen LogP) is 3.02. The van der Waals surface area contributed by atoms with Crippen molar-refractivity contribution in [3.8, 4) is 0 Å². The largest absolute Gasteiger partial charge is 0.368 e. The number of rotatable bonds is 3. The van der Waals surface area contributed by atoms with E-state index in [1.165, 1.54) is 0 Å².